The molecule has 1 aliphatic rings. The number of carbonyl (C=O) groups is 1. The zero-order chi connectivity index (χ0) is 15.6. The first-order valence-corrected chi connectivity index (χ1v) is 6.89. The number of methoxy groups -OCH3 is 1. The largest absolute Gasteiger partial charge is 0.506 e. The number of esters is 1. The standard InChI is InChI=1S/C14H12Cl2FNO3/c1-21-14(20)9(6-18-7-2-3-7)13(19)8-4-12(17)11(16)5-10(8)15/h4-7,19H,2-3H2,1H3/b13-9-,18-6?. The van der Waals surface area contributed by atoms with Crippen LogP contribution in [0.15, 0.2) is 22.7 Å². The van der Waals surface area contributed by atoms with Crippen molar-refractivity contribution in [2.75, 3.05) is 7.11 Å². The fourth-order valence-corrected chi connectivity index (χ4v) is 2.05. The number of aliphatic imine (C=N–C) groups is 1. The van der Waals surface area contributed by atoms with Crippen molar-refractivity contribution in [1.82, 2.24) is 0 Å². The Balaban J connectivity index is 2.49. The molecule has 1 saturated carbocycles. The van der Waals surface area contributed by atoms with Crippen LogP contribution < -0.4 is 0 Å². The first kappa shape index (κ1) is 15.8. The van der Waals surface area contributed by atoms with Gasteiger partial charge in [-0.3, -0.25) is 4.99 Å². The van der Waals surface area contributed by atoms with Crippen LogP contribution in [-0.2, 0) is 9.53 Å². The van der Waals surface area contributed by atoms with Gasteiger partial charge in [0.05, 0.1) is 23.2 Å². The van der Waals surface area contributed by atoms with E-state index in [-0.39, 0.29) is 27.2 Å². The van der Waals surface area contributed by atoms with Crippen LogP contribution in [0.4, 0.5) is 4.39 Å². The lowest BCUT2D eigenvalue weighted by Crippen LogP contribution is -2.10. The van der Waals surface area contributed by atoms with Gasteiger partial charge in [-0.25, -0.2) is 9.18 Å². The van der Waals surface area contributed by atoms with E-state index in [2.05, 4.69) is 9.73 Å². The van der Waals surface area contributed by atoms with E-state index in [1.165, 1.54) is 13.3 Å². The van der Waals surface area contributed by atoms with Crippen LogP contribution in [0.1, 0.15) is 18.4 Å². The molecule has 0 heterocycles. The van der Waals surface area contributed by atoms with Crippen molar-refractivity contribution in [1.29, 1.82) is 0 Å². The summed E-state index contributed by atoms with van der Waals surface area (Å²) in [6.45, 7) is 0. The van der Waals surface area contributed by atoms with E-state index >= 15 is 0 Å². The van der Waals surface area contributed by atoms with Gasteiger partial charge in [0.15, 0.2) is 0 Å². The van der Waals surface area contributed by atoms with Gasteiger partial charge in [-0.1, -0.05) is 23.2 Å². The van der Waals surface area contributed by atoms with Gasteiger partial charge < -0.3 is 9.84 Å². The number of aliphatic hydroxyl groups is 1. The van der Waals surface area contributed by atoms with Gasteiger partial charge >= 0.3 is 5.97 Å². The second-order valence-corrected chi connectivity index (χ2v) is 5.32. The van der Waals surface area contributed by atoms with Gasteiger partial charge in [-0.2, -0.15) is 0 Å². The van der Waals surface area contributed by atoms with E-state index < -0.39 is 17.5 Å². The molecule has 112 valence electrons. The Morgan fingerprint density at radius 1 is 1.43 bits per heavy atom. The second kappa shape index (κ2) is 6.45. The van der Waals surface area contributed by atoms with E-state index in [9.17, 15) is 14.3 Å². The molecule has 0 aromatic heterocycles. The Bertz CT molecular complexity index is 639. The van der Waals surface area contributed by atoms with Gasteiger partial charge in [0, 0.05) is 11.8 Å². The highest BCUT2D eigenvalue weighted by Gasteiger charge is 2.22. The number of aliphatic hydroxyl groups excluding tert-OH is 1. The molecule has 0 spiro atoms. The highest BCUT2D eigenvalue weighted by Crippen LogP contribution is 2.30. The molecule has 0 radical (unpaired) electrons. The van der Waals surface area contributed by atoms with Gasteiger partial charge in [0.1, 0.15) is 17.1 Å². The van der Waals surface area contributed by atoms with Crippen molar-refractivity contribution in [3.8, 4) is 0 Å². The molecule has 1 aromatic rings. The van der Waals surface area contributed by atoms with E-state index in [0.29, 0.717) is 0 Å². The monoisotopic (exact) mass is 331 g/mol. The first-order chi connectivity index (χ1) is 9.93. The van der Waals surface area contributed by atoms with E-state index in [1.807, 2.05) is 0 Å². The van der Waals surface area contributed by atoms with Crippen LogP contribution in [-0.4, -0.2) is 30.4 Å². The highest BCUT2D eigenvalue weighted by molar-refractivity contribution is 6.36. The van der Waals surface area contributed by atoms with Gasteiger partial charge in [0.2, 0.25) is 0 Å². The molecular formula is C14H12Cl2FNO3. The van der Waals surface area contributed by atoms with Crippen LogP contribution in [0.2, 0.25) is 10.0 Å². The van der Waals surface area contributed by atoms with Crippen LogP contribution in [0.25, 0.3) is 5.76 Å². The maximum atomic E-state index is 13.5. The van der Waals surface area contributed by atoms with Gasteiger partial charge in [0.25, 0.3) is 0 Å². The van der Waals surface area contributed by atoms with E-state index in [0.717, 1.165) is 25.0 Å². The number of halogens is 3. The molecule has 0 unspecified atom stereocenters. The number of ether oxygens (including phenoxy) is 1. The molecule has 0 amide bonds. The maximum absolute atomic E-state index is 13.5. The average Bonchev–Trinajstić information content (AvgIpc) is 3.26. The minimum absolute atomic E-state index is 0.0140. The summed E-state index contributed by atoms with van der Waals surface area (Å²) < 4.78 is 18.1. The minimum atomic E-state index is -0.789. The molecule has 1 fully saturated rings. The van der Waals surface area contributed by atoms with Crippen LogP contribution >= 0.6 is 23.2 Å². The Morgan fingerprint density at radius 3 is 2.67 bits per heavy atom. The number of benzene rings is 1. The van der Waals surface area contributed by atoms with Crippen molar-refractivity contribution >= 4 is 41.1 Å². The van der Waals surface area contributed by atoms with Crippen molar-refractivity contribution in [2.45, 2.75) is 18.9 Å². The molecule has 4 nitrogen and oxygen atoms in total. The summed E-state index contributed by atoms with van der Waals surface area (Å²) >= 11 is 11.5. The third-order valence-corrected chi connectivity index (χ3v) is 3.49. The summed E-state index contributed by atoms with van der Waals surface area (Å²) in [5, 5.41) is 10.0. The van der Waals surface area contributed by atoms with E-state index in [4.69, 9.17) is 23.2 Å². The predicted molar refractivity (Wildman–Crippen MR) is 79.5 cm³/mol. The summed E-state index contributed by atoms with van der Waals surface area (Å²) in [7, 11) is 1.17. The summed E-state index contributed by atoms with van der Waals surface area (Å²) in [4.78, 5) is 15.8. The molecule has 0 aliphatic heterocycles. The molecule has 0 bridgehead atoms. The molecule has 1 aromatic carbocycles. The zero-order valence-electron chi connectivity index (χ0n) is 11.1. The van der Waals surface area contributed by atoms with Crippen LogP contribution in [0.3, 0.4) is 0 Å². The lowest BCUT2D eigenvalue weighted by atomic mass is 10.1. The smallest absolute Gasteiger partial charge is 0.343 e. The predicted octanol–water partition coefficient (Wildman–Crippen LogP) is 3.81. The molecule has 7 heteroatoms. The Labute approximate surface area is 130 Å². The molecule has 21 heavy (non-hydrogen) atoms. The average molecular weight is 332 g/mol. The van der Waals surface area contributed by atoms with Crippen molar-refractivity contribution in [3.05, 3.63) is 39.1 Å². The van der Waals surface area contributed by atoms with Crippen molar-refractivity contribution in [3.63, 3.8) is 0 Å². The topological polar surface area (TPSA) is 58.9 Å². The molecule has 2 rings (SSSR count). The highest BCUT2D eigenvalue weighted by atomic mass is 35.5. The Kier molecular flexibility index (Phi) is 4.85. The van der Waals surface area contributed by atoms with Crippen molar-refractivity contribution < 1.29 is 19.0 Å². The summed E-state index contributed by atoms with van der Waals surface area (Å²) in [5.41, 5.74) is -0.241. The summed E-state index contributed by atoms with van der Waals surface area (Å²) in [6, 6.07) is 2.25. The number of nitrogens with zero attached hydrogens (tertiary/aromatic N) is 1. The number of carbonyl (C=O) groups excluding carboxylic acids is 1. The van der Waals surface area contributed by atoms with Crippen LogP contribution in [0.5, 0.6) is 0 Å². The van der Waals surface area contributed by atoms with Crippen molar-refractivity contribution in [2.24, 2.45) is 4.99 Å². The summed E-state index contributed by atoms with van der Waals surface area (Å²) in [6.07, 6.45) is 3.09. The number of hydrogen-bond donors (Lipinski definition) is 1. The summed E-state index contributed by atoms with van der Waals surface area (Å²) in [5.74, 6) is -2.05. The lowest BCUT2D eigenvalue weighted by molar-refractivity contribution is -0.135. The number of rotatable bonds is 4. The fraction of sp³-hybridized carbons (Fsp3) is 0.286. The molecule has 1 N–H and O–H groups in total. The fourth-order valence-electron chi connectivity index (χ4n) is 1.57. The molecule has 0 saturated heterocycles. The Hall–Kier alpha value is -1.59. The first-order valence-electron chi connectivity index (χ1n) is 6.13. The van der Waals surface area contributed by atoms with E-state index in [1.54, 1.807) is 0 Å². The second-order valence-electron chi connectivity index (χ2n) is 4.51. The lowest BCUT2D eigenvalue weighted by Gasteiger charge is -2.08. The zero-order valence-corrected chi connectivity index (χ0v) is 12.6. The normalized spacial score (nSPS) is 16.0. The Morgan fingerprint density at radius 2 is 2.10 bits per heavy atom. The van der Waals surface area contributed by atoms with Gasteiger partial charge in [-0.15, -0.1) is 0 Å². The maximum Gasteiger partial charge on any atom is 0.343 e. The number of hydrogen-bond acceptors (Lipinski definition) is 4. The SMILES string of the molecule is COC(=O)/C(C=NC1CC1)=C(\O)c1cc(F)c(Cl)cc1Cl. The third-order valence-electron chi connectivity index (χ3n) is 2.89. The molecular weight excluding hydrogens is 320 g/mol. The molecule has 0 atom stereocenters. The minimum Gasteiger partial charge on any atom is -0.506 e. The van der Waals surface area contributed by atoms with Gasteiger partial charge in [-0.05, 0) is 25.0 Å². The molecule has 1 aliphatic carbocycles. The third kappa shape index (κ3) is 3.74. The quantitative estimate of drug-likeness (QED) is 0.300. The van der Waals surface area contributed by atoms with Crippen LogP contribution in [0, 0.1) is 5.82 Å².